The minimum Gasteiger partial charge on any atom is -0.493 e. The van der Waals surface area contributed by atoms with Crippen LogP contribution in [0.1, 0.15) is 5.56 Å². The van der Waals surface area contributed by atoms with Crippen molar-refractivity contribution in [2.24, 2.45) is 0 Å². The van der Waals surface area contributed by atoms with Crippen molar-refractivity contribution in [1.29, 1.82) is 0 Å². The van der Waals surface area contributed by atoms with E-state index in [-0.39, 0.29) is 6.03 Å². The summed E-state index contributed by atoms with van der Waals surface area (Å²) >= 11 is 0. The largest absolute Gasteiger partial charge is 0.493 e. The number of rotatable bonds is 7. The molecule has 1 fully saturated rings. The number of nitrogens with one attached hydrogen (secondary N) is 1. The Kier molecular flexibility index (Phi) is 6.93. The van der Waals surface area contributed by atoms with Crippen molar-refractivity contribution in [2.75, 3.05) is 46.4 Å². The van der Waals surface area contributed by atoms with Gasteiger partial charge in [0, 0.05) is 32.7 Å². The molecule has 0 radical (unpaired) electrons. The lowest BCUT2D eigenvalue weighted by atomic mass is 10.2. The van der Waals surface area contributed by atoms with Crippen molar-refractivity contribution in [3.63, 3.8) is 0 Å². The lowest BCUT2D eigenvalue weighted by Gasteiger charge is -2.34. The van der Waals surface area contributed by atoms with Crippen molar-refractivity contribution in [3.05, 3.63) is 60.2 Å². The van der Waals surface area contributed by atoms with E-state index in [2.05, 4.69) is 34.5 Å². The average Bonchev–Trinajstić information content (AvgIpc) is 2.72. The number of urea groups is 1. The van der Waals surface area contributed by atoms with Crippen LogP contribution in [0.5, 0.6) is 11.5 Å². The number of carbonyl (C=O) groups excluding carboxylic acids is 1. The number of carbonyl (C=O) groups is 1. The number of amides is 2. The van der Waals surface area contributed by atoms with Gasteiger partial charge in [0.05, 0.1) is 13.7 Å². The maximum absolute atomic E-state index is 12.3. The van der Waals surface area contributed by atoms with Gasteiger partial charge in [-0.15, -0.1) is 0 Å². The van der Waals surface area contributed by atoms with Gasteiger partial charge in [-0.25, -0.2) is 4.79 Å². The first-order chi connectivity index (χ1) is 13.3. The second kappa shape index (κ2) is 9.83. The summed E-state index contributed by atoms with van der Waals surface area (Å²) in [7, 11) is 1.61. The third-order valence-corrected chi connectivity index (χ3v) is 4.61. The highest BCUT2D eigenvalue weighted by molar-refractivity contribution is 5.74. The number of hydrogen-bond acceptors (Lipinski definition) is 4. The summed E-state index contributed by atoms with van der Waals surface area (Å²) in [5, 5.41) is 2.93. The molecule has 0 spiro atoms. The molecule has 6 nitrogen and oxygen atoms in total. The first-order valence-corrected chi connectivity index (χ1v) is 9.31. The van der Waals surface area contributed by atoms with Gasteiger partial charge in [0.2, 0.25) is 0 Å². The molecule has 0 bridgehead atoms. The Morgan fingerprint density at radius 2 is 1.63 bits per heavy atom. The summed E-state index contributed by atoms with van der Waals surface area (Å²) in [4.78, 5) is 16.6. The van der Waals surface area contributed by atoms with Gasteiger partial charge in [-0.1, -0.05) is 42.5 Å². The highest BCUT2D eigenvalue weighted by Crippen LogP contribution is 2.25. The summed E-state index contributed by atoms with van der Waals surface area (Å²) in [6.45, 7) is 5.06. The maximum Gasteiger partial charge on any atom is 0.317 e. The Morgan fingerprint density at radius 1 is 0.963 bits per heavy atom. The lowest BCUT2D eigenvalue weighted by Crippen LogP contribution is -2.51. The molecule has 1 aliphatic heterocycles. The zero-order chi connectivity index (χ0) is 18.9. The molecule has 0 saturated carbocycles. The molecule has 2 aromatic rings. The number of benzene rings is 2. The zero-order valence-corrected chi connectivity index (χ0v) is 15.8. The second-order valence-electron chi connectivity index (χ2n) is 6.48. The SMILES string of the molecule is COc1ccccc1OCCNC(=O)N1CCN(Cc2ccccc2)CC1. The topological polar surface area (TPSA) is 54.0 Å². The highest BCUT2D eigenvalue weighted by Gasteiger charge is 2.20. The van der Waals surface area contributed by atoms with E-state index in [9.17, 15) is 4.79 Å². The van der Waals surface area contributed by atoms with E-state index in [1.54, 1.807) is 7.11 Å². The van der Waals surface area contributed by atoms with E-state index in [1.165, 1.54) is 5.56 Å². The van der Waals surface area contributed by atoms with Crippen LogP contribution in [0.3, 0.4) is 0 Å². The number of hydrogen-bond donors (Lipinski definition) is 1. The van der Waals surface area contributed by atoms with Gasteiger partial charge in [-0.2, -0.15) is 0 Å². The van der Waals surface area contributed by atoms with Crippen LogP contribution >= 0.6 is 0 Å². The predicted molar refractivity (Wildman–Crippen MR) is 105 cm³/mol. The standard InChI is InChI=1S/C21H27N3O3/c1-26-19-9-5-6-10-20(19)27-16-11-22-21(25)24-14-12-23(13-15-24)17-18-7-3-2-4-8-18/h2-10H,11-17H2,1H3,(H,22,25). The molecule has 6 heteroatoms. The van der Waals surface area contributed by atoms with Crippen molar-refractivity contribution < 1.29 is 14.3 Å². The van der Waals surface area contributed by atoms with Crippen molar-refractivity contribution in [1.82, 2.24) is 15.1 Å². The van der Waals surface area contributed by atoms with Crippen molar-refractivity contribution in [3.8, 4) is 11.5 Å². The molecule has 2 aromatic carbocycles. The van der Waals surface area contributed by atoms with Gasteiger partial charge in [0.15, 0.2) is 11.5 Å². The van der Waals surface area contributed by atoms with Gasteiger partial charge in [-0.3, -0.25) is 4.90 Å². The minimum atomic E-state index is -0.0296. The Hall–Kier alpha value is -2.73. The molecule has 3 rings (SSSR count). The third kappa shape index (κ3) is 5.62. The Morgan fingerprint density at radius 3 is 2.33 bits per heavy atom. The molecule has 2 amide bonds. The third-order valence-electron chi connectivity index (χ3n) is 4.61. The molecule has 1 heterocycles. The molecule has 0 aromatic heterocycles. The zero-order valence-electron chi connectivity index (χ0n) is 15.8. The van der Waals surface area contributed by atoms with Crippen LogP contribution < -0.4 is 14.8 Å². The van der Waals surface area contributed by atoms with E-state index >= 15 is 0 Å². The molecule has 0 unspecified atom stereocenters. The predicted octanol–water partition coefficient (Wildman–Crippen LogP) is 2.60. The molecule has 0 atom stereocenters. The van der Waals surface area contributed by atoms with E-state index in [1.807, 2.05) is 35.2 Å². The Balaban J connectivity index is 1.35. The molecule has 1 N–H and O–H groups in total. The van der Waals surface area contributed by atoms with Crippen LogP contribution in [0.4, 0.5) is 4.79 Å². The molecule has 0 aliphatic carbocycles. The smallest absolute Gasteiger partial charge is 0.317 e. The van der Waals surface area contributed by atoms with Gasteiger partial charge < -0.3 is 19.7 Å². The minimum absolute atomic E-state index is 0.0296. The lowest BCUT2D eigenvalue weighted by molar-refractivity contribution is 0.134. The number of methoxy groups -OCH3 is 1. The maximum atomic E-state index is 12.3. The molecule has 27 heavy (non-hydrogen) atoms. The first kappa shape index (κ1) is 19.0. The fourth-order valence-electron chi connectivity index (χ4n) is 3.12. The van der Waals surface area contributed by atoms with E-state index in [0.29, 0.717) is 24.7 Å². The quantitative estimate of drug-likeness (QED) is 0.763. The first-order valence-electron chi connectivity index (χ1n) is 9.31. The Bertz CT molecular complexity index is 716. The highest BCUT2D eigenvalue weighted by atomic mass is 16.5. The fraction of sp³-hybridized carbons (Fsp3) is 0.381. The van der Waals surface area contributed by atoms with Crippen LogP contribution in [0.25, 0.3) is 0 Å². The summed E-state index contributed by atoms with van der Waals surface area (Å²) < 4.78 is 10.9. The fourth-order valence-corrected chi connectivity index (χ4v) is 3.12. The number of para-hydroxylation sites is 2. The molecule has 144 valence electrons. The van der Waals surface area contributed by atoms with Crippen molar-refractivity contribution >= 4 is 6.03 Å². The molecule has 1 aliphatic rings. The van der Waals surface area contributed by atoms with Gasteiger partial charge in [-0.05, 0) is 17.7 Å². The molecular formula is C21H27N3O3. The summed E-state index contributed by atoms with van der Waals surface area (Å²) in [5.74, 6) is 1.38. The second-order valence-corrected chi connectivity index (χ2v) is 6.48. The van der Waals surface area contributed by atoms with Gasteiger partial charge >= 0.3 is 6.03 Å². The summed E-state index contributed by atoms with van der Waals surface area (Å²) in [6, 6.07) is 17.9. The van der Waals surface area contributed by atoms with Crippen molar-refractivity contribution in [2.45, 2.75) is 6.54 Å². The van der Waals surface area contributed by atoms with Gasteiger partial charge in [0.1, 0.15) is 6.61 Å². The molecule has 1 saturated heterocycles. The Labute approximate surface area is 160 Å². The van der Waals surface area contributed by atoms with Gasteiger partial charge in [0.25, 0.3) is 0 Å². The van der Waals surface area contributed by atoms with E-state index in [0.717, 1.165) is 32.7 Å². The average molecular weight is 369 g/mol. The molecular weight excluding hydrogens is 342 g/mol. The van der Waals surface area contributed by atoms with Crippen LogP contribution in [-0.4, -0.2) is 62.3 Å². The van der Waals surface area contributed by atoms with Crippen LogP contribution in [-0.2, 0) is 6.54 Å². The summed E-state index contributed by atoms with van der Waals surface area (Å²) in [6.07, 6.45) is 0. The monoisotopic (exact) mass is 369 g/mol. The normalized spacial score (nSPS) is 14.6. The number of nitrogens with zero attached hydrogens (tertiary/aromatic N) is 2. The van der Waals surface area contributed by atoms with E-state index in [4.69, 9.17) is 9.47 Å². The van der Waals surface area contributed by atoms with Crippen LogP contribution in [0, 0.1) is 0 Å². The number of piperazine rings is 1. The number of ether oxygens (including phenoxy) is 2. The van der Waals surface area contributed by atoms with Crippen LogP contribution in [0.2, 0.25) is 0 Å². The van der Waals surface area contributed by atoms with E-state index < -0.39 is 0 Å². The summed E-state index contributed by atoms with van der Waals surface area (Å²) in [5.41, 5.74) is 1.31. The van der Waals surface area contributed by atoms with Crippen LogP contribution in [0.15, 0.2) is 54.6 Å².